The molecule has 1 saturated carbocycles. The number of para-hydroxylation sites is 2. The van der Waals surface area contributed by atoms with Crippen LogP contribution in [0.5, 0.6) is 0 Å². The molecule has 1 aliphatic rings. The Morgan fingerprint density at radius 3 is 2.70 bits per heavy atom. The highest BCUT2D eigenvalue weighted by molar-refractivity contribution is 5.84. The number of hydrogen-bond acceptors (Lipinski definition) is 5. The fourth-order valence-corrected chi connectivity index (χ4v) is 4.17. The number of aliphatic imine (C=N–C) groups is 1. The molecule has 10 heteroatoms. The quantitative estimate of drug-likeness (QED) is 0.357. The van der Waals surface area contributed by atoms with E-state index >= 15 is 0 Å². The number of hydrogen-bond donors (Lipinski definition) is 3. The number of halogens is 3. The summed E-state index contributed by atoms with van der Waals surface area (Å²) >= 11 is 0. The molecule has 0 radical (unpaired) electrons. The molecule has 0 bridgehead atoms. The number of oxazole rings is 1. The lowest BCUT2D eigenvalue weighted by molar-refractivity contribution is -0.125. The Morgan fingerprint density at radius 2 is 2.03 bits per heavy atom. The second kappa shape index (κ2) is 11.5. The minimum atomic E-state index is -4.41. The van der Waals surface area contributed by atoms with Crippen LogP contribution in [-0.4, -0.2) is 47.1 Å². The highest BCUT2D eigenvalue weighted by Gasteiger charge is 2.30. The number of aromatic nitrogens is 1. The standard InChI is InChI=1S/C23H31F3N4O3/c1-2-16(20(31)22-30-17-10-6-7-11-19(17)33-22)29-21(32)18(12-15-8-4-3-5-9-15)28-14-27-13-23(24,25)26/h6-7,10-11,14-16,18,20,31H,2-5,8-9,12-13H2,1H3,(H,27,28)(H,29,32). The lowest BCUT2D eigenvalue weighted by atomic mass is 9.84. The van der Waals surface area contributed by atoms with E-state index in [1.807, 2.05) is 13.0 Å². The first-order valence-corrected chi connectivity index (χ1v) is 11.4. The van der Waals surface area contributed by atoms with Crippen LogP contribution in [-0.2, 0) is 4.79 Å². The summed E-state index contributed by atoms with van der Waals surface area (Å²) in [6.45, 7) is 0.497. The molecule has 0 saturated heterocycles. The van der Waals surface area contributed by atoms with Crippen molar-refractivity contribution in [2.75, 3.05) is 6.54 Å². The summed E-state index contributed by atoms with van der Waals surface area (Å²) in [4.78, 5) is 20.7. The van der Waals surface area contributed by atoms with Crippen LogP contribution in [0.2, 0.25) is 0 Å². The third-order valence-corrected chi connectivity index (χ3v) is 5.96. The molecule has 3 unspecified atom stereocenters. The smallest absolute Gasteiger partial charge is 0.408 e. The van der Waals surface area contributed by atoms with E-state index in [9.17, 15) is 23.1 Å². The Hall–Kier alpha value is -2.62. The Labute approximate surface area is 190 Å². The molecular formula is C23H31F3N4O3. The number of nitrogens with zero attached hydrogens (tertiary/aromatic N) is 2. The van der Waals surface area contributed by atoms with Gasteiger partial charge in [0.1, 0.15) is 18.1 Å². The molecule has 33 heavy (non-hydrogen) atoms. The number of benzene rings is 1. The summed E-state index contributed by atoms with van der Waals surface area (Å²) in [5.74, 6) is 0.00739. The van der Waals surface area contributed by atoms with Crippen molar-refractivity contribution in [3.63, 3.8) is 0 Å². The van der Waals surface area contributed by atoms with Gasteiger partial charge in [-0.2, -0.15) is 13.2 Å². The van der Waals surface area contributed by atoms with Gasteiger partial charge in [-0.3, -0.25) is 9.79 Å². The molecular weight excluding hydrogens is 437 g/mol. The van der Waals surface area contributed by atoms with E-state index in [0.717, 1.165) is 38.4 Å². The molecule has 182 valence electrons. The van der Waals surface area contributed by atoms with Crippen LogP contribution >= 0.6 is 0 Å². The molecule has 1 amide bonds. The van der Waals surface area contributed by atoms with Crippen LogP contribution in [0.25, 0.3) is 11.1 Å². The summed E-state index contributed by atoms with van der Waals surface area (Å²) in [5, 5.41) is 16.4. The van der Waals surface area contributed by atoms with Gasteiger partial charge in [0.25, 0.3) is 0 Å². The first-order chi connectivity index (χ1) is 15.8. The topological polar surface area (TPSA) is 99.8 Å². The molecule has 3 N–H and O–H groups in total. The van der Waals surface area contributed by atoms with Gasteiger partial charge < -0.3 is 20.2 Å². The molecule has 1 aliphatic carbocycles. The lowest BCUT2D eigenvalue weighted by Gasteiger charge is -2.28. The van der Waals surface area contributed by atoms with Crippen molar-refractivity contribution in [3.8, 4) is 0 Å². The van der Waals surface area contributed by atoms with Crippen LogP contribution in [0.3, 0.4) is 0 Å². The molecule has 2 aromatic rings. The van der Waals surface area contributed by atoms with Gasteiger partial charge in [0, 0.05) is 0 Å². The van der Waals surface area contributed by atoms with Crippen LogP contribution in [0.15, 0.2) is 33.7 Å². The Bertz CT molecular complexity index is 892. The second-order valence-corrected chi connectivity index (χ2v) is 8.53. The molecule has 1 fully saturated rings. The van der Waals surface area contributed by atoms with E-state index in [0.29, 0.717) is 29.9 Å². The molecule has 1 aromatic heterocycles. The minimum absolute atomic E-state index is 0.104. The van der Waals surface area contributed by atoms with E-state index < -0.39 is 36.8 Å². The maximum Gasteiger partial charge on any atom is 0.408 e. The summed E-state index contributed by atoms with van der Waals surface area (Å²) < 4.78 is 42.8. The fraction of sp³-hybridized carbons (Fsp3) is 0.609. The highest BCUT2D eigenvalue weighted by atomic mass is 19.4. The van der Waals surface area contributed by atoms with Crippen LogP contribution < -0.4 is 10.6 Å². The van der Waals surface area contributed by atoms with E-state index in [1.54, 1.807) is 18.2 Å². The third kappa shape index (κ3) is 7.45. The zero-order valence-electron chi connectivity index (χ0n) is 18.6. The average Bonchev–Trinajstić information content (AvgIpc) is 3.23. The van der Waals surface area contributed by atoms with Gasteiger partial charge in [-0.15, -0.1) is 0 Å². The average molecular weight is 469 g/mol. The van der Waals surface area contributed by atoms with E-state index in [1.165, 1.54) is 0 Å². The van der Waals surface area contributed by atoms with Gasteiger partial charge >= 0.3 is 6.18 Å². The number of aliphatic hydroxyl groups is 1. The molecule has 7 nitrogen and oxygen atoms in total. The molecule has 1 heterocycles. The number of rotatable bonds is 10. The molecule has 0 spiro atoms. The van der Waals surface area contributed by atoms with Crippen LogP contribution in [0, 0.1) is 5.92 Å². The highest BCUT2D eigenvalue weighted by Crippen LogP contribution is 2.28. The minimum Gasteiger partial charge on any atom is -0.438 e. The largest absolute Gasteiger partial charge is 0.438 e. The second-order valence-electron chi connectivity index (χ2n) is 8.53. The first-order valence-electron chi connectivity index (χ1n) is 11.4. The zero-order valence-corrected chi connectivity index (χ0v) is 18.6. The number of nitrogens with one attached hydrogen (secondary N) is 2. The van der Waals surface area contributed by atoms with Crippen molar-refractivity contribution < 1.29 is 27.5 Å². The van der Waals surface area contributed by atoms with Crippen molar-refractivity contribution in [3.05, 3.63) is 30.2 Å². The first kappa shape index (κ1) is 25.0. The van der Waals surface area contributed by atoms with Gasteiger partial charge in [0.2, 0.25) is 11.8 Å². The SMILES string of the molecule is CCC(NC(=O)C(CC1CCCCC1)NC=NCC(F)(F)F)C(O)c1nc2ccccc2o1. The Morgan fingerprint density at radius 1 is 1.30 bits per heavy atom. The van der Waals surface area contributed by atoms with E-state index in [4.69, 9.17) is 4.42 Å². The monoisotopic (exact) mass is 468 g/mol. The molecule has 0 aliphatic heterocycles. The maximum atomic E-state index is 13.1. The summed E-state index contributed by atoms with van der Waals surface area (Å²) in [6, 6.07) is 5.68. The summed E-state index contributed by atoms with van der Waals surface area (Å²) in [5.41, 5.74) is 1.14. The molecule has 3 rings (SSSR count). The lowest BCUT2D eigenvalue weighted by Crippen LogP contribution is -2.50. The summed E-state index contributed by atoms with van der Waals surface area (Å²) in [7, 11) is 0. The van der Waals surface area contributed by atoms with Crippen molar-refractivity contribution in [2.24, 2.45) is 10.9 Å². The van der Waals surface area contributed by atoms with Gasteiger partial charge in [0.15, 0.2) is 11.7 Å². The van der Waals surface area contributed by atoms with E-state index in [2.05, 4.69) is 20.6 Å². The van der Waals surface area contributed by atoms with Gasteiger partial charge in [-0.25, -0.2) is 4.98 Å². The van der Waals surface area contributed by atoms with E-state index in [-0.39, 0.29) is 5.89 Å². The third-order valence-electron chi connectivity index (χ3n) is 5.96. The van der Waals surface area contributed by atoms with Crippen molar-refractivity contribution in [1.29, 1.82) is 0 Å². The number of carbonyl (C=O) groups excluding carboxylic acids is 1. The number of carbonyl (C=O) groups is 1. The Kier molecular flexibility index (Phi) is 8.71. The molecule has 1 aromatic carbocycles. The van der Waals surface area contributed by atoms with Crippen molar-refractivity contribution in [2.45, 2.75) is 76.2 Å². The van der Waals surface area contributed by atoms with Gasteiger partial charge in [-0.05, 0) is 30.9 Å². The molecule has 3 atom stereocenters. The predicted octanol–water partition coefficient (Wildman–Crippen LogP) is 4.28. The van der Waals surface area contributed by atoms with Gasteiger partial charge in [-0.1, -0.05) is 51.2 Å². The fourth-order valence-electron chi connectivity index (χ4n) is 4.17. The zero-order chi connectivity index (χ0) is 23.8. The predicted molar refractivity (Wildman–Crippen MR) is 119 cm³/mol. The van der Waals surface area contributed by atoms with Crippen molar-refractivity contribution >= 4 is 23.3 Å². The number of aliphatic hydroxyl groups excluding tert-OH is 1. The number of amides is 1. The summed E-state index contributed by atoms with van der Waals surface area (Å²) in [6.07, 6.45) is 1.55. The van der Waals surface area contributed by atoms with Crippen molar-refractivity contribution in [1.82, 2.24) is 15.6 Å². The number of alkyl halides is 3. The van der Waals surface area contributed by atoms with Gasteiger partial charge in [0.05, 0.1) is 12.4 Å². The van der Waals surface area contributed by atoms with Crippen LogP contribution in [0.4, 0.5) is 13.2 Å². The van der Waals surface area contributed by atoms with Crippen LogP contribution in [0.1, 0.15) is 63.9 Å². The number of fused-ring (bicyclic) bond motifs is 1. The maximum absolute atomic E-state index is 13.1. The Balaban J connectivity index is 1.67. The normalized spacial score (nSPS) is 18.3.